The molecule has 2 unspecified atom stereocenters. The van der Waals surface area contributed by atoms with Gasteiger partial charge < -0.3 is 5.32 Å². The summed E-state index contributed by atoms with van der Waals surface area (Å²) in [6.07, 6.45) is 4.85. The molecule has 0 aliphatic heterocycles. The average molecular weight is 210 g/mol. The van der Waals surface area contributed by atoms with Crippen molar-refractivity contribution in [3.05, 3.63) is 16.6 Å². The van der Waals surface area contributed by atoms with E-state index in [2.05, 4.69) is 24.1 Å². The molecule has 1 saturated carbocycles. The van der Waals surface area contributed by atoms with E-state index in [1.165, 1.54) is 17.7 Å². The Balaban J connectivity index is 1.74. The molecule has 1 aliphatic rings. The normalized spacial score (nSPS) is 20.7. The van der Waals surface area contributed by atoms with Gasteiger partial charge in [-0.1, -0.05) is 6.92 Å². The van der Waals surface area contributed by atoms with E-state index in [1.54, 1.807) is 11.3 Å². The van der Waals surface area contributed by atoms with Crippen molar-refractivity contribution in [2.45, 2.75) is 32.7 Å². The summed E-state index contributed by atoms with van der Waals surface area (Å²) in [6.45, 7) is 5.71. The van der Waals surface area contributed by atoms with Crippen LogP contribution in [0.15, 0.2) is 11.7 Å². The van der Waals surface area contributed by atoms with Gasteiger partial charge in [0.2, 0.25) is 0 Å². The summed E-state index contributed by atoms with van der Waals surface area (Å²) in [5, 5.41) is 3.58. The molecular weight excluding hydrogens is 192 g/mol. The van der Waals surface area contributed by atoms with Crippen LogP contribution in [0.1, 0.15) is 37.6 Å². The second-order valence-electron chi connectivity index (χ2n) is 4.35. The molecule has 2 nitrogen and oxygen atoms in total. The molecule has 2 rings (SSSR count). The van der Waals surface area contributed by atoms with Gasteiger partial charge in [0.05, 0.1) is 5.51 Å². The molecule has 1 fully saturated rings. The molecule has 0 aromatic carbocycles. The smallest absolute Gasteiger partial charge is 0.0794 e. The molecule has 1 aliphatic carbocycles. The summed E-state index contributed by atoms with van der Waals surface area (Å²) in [5.74, 6) is 1.83. The van der Waals surface area contributed by atoms with Crippen LogP contribution < -0.4 is 5.32 Å². The number of thiazole rings is 1. The molecule has 1 heterocycles. The Morgan fingerprint density at radius 2 is 2.36 bits per heavy atom. The van der Waals surface area contributed by atoms with Gasteiger partial charge in [-0.2, -0.15) is 0 Å². The van der Waals surface area contributed by atoms with Gasteiger partial charge in [-0.3, -0.25) is 4.98 Å². The van der Waals surface area contributed by atoms with E-state index < -0.39 is 0 Å². The lowest BCUT2D eigenvalue weighted by Gasteiger charge is -2.15. The van der Waals surface area contributed by atoms with Crippen molar-refractivity contribution in [3.8, 4) is 0 Å². The van der Waals surface area contributed by atoms with Crippen molar-refractivity contribution in [2.75, 3.05) is 6.54 Å². The summed E-state index contributed by atoms with van der Waals surface area (Å²) < 4.78 is 0. The van der Waals surface area contributed by atoms with Crippen molar-refractivity contribution in [1.82, 2.24) is 10.3 Å². The lowest BCUT2D eigenvalue weighted by atomic mass is 10.1. The zero-order chi connectivity index (χ0) is 9.97. The number of aromatic nitrogens is 1. The van der Waals surface area contributed by atoms with Crippen LogP contribution in [-0.4, -0.2) is 11.5 Å². The third-order valence-electron chi connectivity index (χ3n) is 3.05. The Bertz CT molecular complexity index is 267. The quantitative estimate of drug-likeness (QED) is 0.808. The van der Waals surface area contributed by atoms with E-state index in [9.17, 15) is 0 Å². The fourth-order valence-electron chi connectivity index (χ4n) is 1.73. The van der Waals surface area contributed by atoms with Crippen molar-refractivity contribution >= 4 is 11.3 Å². The minimum atomic E-state index is 0.462. The SMILES string of the molecule is CC(NCC(C)C1CC1)c1cncs1. The Hall–Kier alpha value is -0.410. The third kappa shape index (κ3) is 2.55. The maximum atomic E-state index is 4.10. The van der Waals surface area contributed by atoms with Crippen LogP contribution in [-0.2, 0) is 0 Å². The summed E-state index contributed by atoms with van der Waals surface area (Å²) in [4.78, 5) is 5.44. The largest absolute Gasteiger partial charge is 0.309 e. The molecule has 0 bridgehead atoms. The van der Waals surface area contributed by atoms with Crippen LogP contribution in [0.3, 0.4) is 0 Å². The number of hydrogen-bond donors (Lipinski definition) is 1. The molecule has 0 amide bonds. The summed E-state index contributed by atoms with van der Waals surface area (Å²) in [5.41, 5.74) is 1.90. The Labute approximate surface area is 89.8 Å². The molecule has 3 heteroatoms. The standard InChI is InChI=1S/C11H18N2S/c1-8(10-3-4-10)5-13-9(2)11-6-12-7-14-11/h6-10,13H,3-5H2,1-2H3. The number of hydrogen-bond acceptors (Lipinski definition) is 3. The summed E-state index contributed by atoms with van der Waals surface area (Å²) in [6, 6.07) is 0.462. The molecule has 14 heavy (non-hydrogen) atoms. The van der Waals surface area contributed by atoms with Crippen LogP contribution in [0, 0.1) is 11.8 Å². The molecule has 0 spiro atoms. The second-order valence-corrected chi connectivity index (χ2v) is 5.27. The number of nitrogens with zero attached hydrogens (tertiary/aromatic N) is 1. The lowest BCUT2D eigenvalue weighted by molar-refractivity contribution is 0.434. The van der Waals surface area contributed by atoms with Gasteiger partial charge in [0.1, 0.15) is 0 Å². The van der Waals surface area contributed by atoms with Crippen LogP contribution in [0.25, 0.3) is 0 Å². The maximum Gasteiger partial charge on any atom is 0.0794 e. The third-order valence-corrected chi connectivity index (χ3v) is 4.01. The van der Waals surface area contributed by atoms with E-state index in [-0.39, 0.29) is 0 Å². The zero-order valence-electron chi connectivity index (χ0n) is 8.86. The molecule has 1 aromatic rings. The lowest BCUT2D eigenvalue weighted by Crippen LogP contribution is -2.24. The van der Waals surface area contributed by atoms with Crippen LogP contribution in [0.5, 0.6) is 0 Å². The van der Waals surface area contributed by atoms with Gasteiger partial charge in [-0.15, -0.1) is 11.3 Å². The number of nitrogens with one attached hydrogen (secondary N) is 1. The Kier molecular flexibility index (Phi) is 3.19. The first-order valence-electron chi connectivity index (χ1n) is 5.39. The van der Waals surface area contributed by atoms with E-state index in [0.717, 1.165) is 18.4 Å². The Morgan fingerprint density at radius 3 is 2.93 bits per heavy atom. The number of rotatable bonds is 5. The van der Waals surface area contributed by atoms with Crippen LogP contribution in [0.4, 0.5) is 0 Å². The molecule has 2 atom stereocenters. The molecule has 1 N–H and O–H groups in total. The van der Waals surface area contributed by atoms with Gasteiger partial charge >= 0.3 is 0 Å². The van der Waals surface area contributed by atoms with E-state index >= 15 is 0 Å². The van der Waals surface area contributed by atoms with Crippen molar-refractivity contribution in [2.24, 2.45) is 11.8 Å². The summed E-state index contributed by atoms with van der Waals surface area (Å²) >= 11 is 1.73. The first-order valence-corrected chi connectivity index (χ1v) is 6.27. The predicted molar refractivity (Wildman–Crippen MR) is 60.4 cm³/mol. The highest BCUT2D eigenvalue weighted by molar-refractivity contribution is 7.09. The van der Waals surface area contributed by atoms with Gasteiger partial charge in [0.15, 0.2) is 0 Å². The first kappa shape index (κ1) is 10.1. The van der Waals surface area contributed by atoms with Crippen molar-refractivity contribution in [3.63, 3.8) is 0 Å². The molecule has 0 radical (unpaired) electrons. The van der Waals surface area contributed by atoms with Crippen molar-refractivity contribution < 1.29 is 0 Å². The topological polar surface area (TPSA) is 24.9 Å². The van der Waals surface area contributed by atoms with E-state index in [0.29, 0.717) is 6.04 Å². The van der Waals surface area contributed by atoms with E-state index in [4.69, 9.17) is 0 Å². The predicted octanol–water partition coefficient (Wildman–Crippen LogP) is 2.84. The second kappa shape index (κ2) is 4.41. The summed E-state index contributed by atoms with van der Waals surface area (Å²) in [7, 11) is 0. The average Bonchev–Trinajstić information content (AvgIpc) is 2.90. The van der Waals surface area contributed by atoms with E-state index in [1.807, 2.05) is 11.7 Å². The van der Waals surface area contributed by atoms with Crippen molar-refractivity contribution in [1.29, 1.82) is 0 Å². The van der Waals surface area contributed by atoms with Gasteiger partial charge in [-0.05, 0) is 38.1 Å². The molecule has 0 saturated heterocycles. The fourth-order valence-corrected chi connectivity index (χ4v) is 2.39. The first-order chi connectivity index (χ1) is 6.77. The van der Waals surface area contributed by atoms with Crippen LogP contribution in [0.2, 0.25) is 0 Å². The minimum Gasteiger partial charge on any atom is -0.309 e. The van der Waals surface area contributed by atoms with Gasteiger partial charge in [-0.25, -0.2) is 0 Å². The van der Waals surface area contributed by atoms with Crippen LogP contribution >= 0.6 is 11.3 Å². The molecular formula is C11H18N2S. The zero-order valence-corrected chi connectivity index (χ0v) is 9.68. The highest BCUT2D eigenvalue weighted by Gasteiger charge is 2.27. The van der Waals surface area contributed by atoms with Gasteiger partial charge in [0.25, 0.3) is 0 Å². The highest BCUT2D eigenvalue weighted by atomic mass is 32.1. The monoisotopic (exact) mass is 210 g/mol. The Morgan fingerprint density at radius 1 is 1.57 bits per heavy atom. The molecule has 1 aromatic heterocycles. The maximum absolute atomic E-state index is 4.10. The fraction of sp³-hybridized carbons (Fsp3) is 0.727. The van der Waals surface area contributed by atoms with Gasteiger partial charge in [0, 0.05) is 17.1 Å². The minimum absolute atomic E-state index is 0.462. The highest BCUT2D eigenvalue weighted by Crippen LogP contribution is 2.36. The molecule has 78 valence electrons.